The molecule has 2 aliphatic rings. The SMILES string of the molecule is C[C@@]1(c2ccccc2)C[C@H]1C1CCCCC1. The van der Waals surface area contributed by atoms with Gasteiger partial charge in [-0.15, -0.1) is 0 Å². The average molecular weight is 214 g/mol. The maximum Gasteiger partial charge on any atom is -0.00410 e. The second kappa shape index (κ2) is 3.91. The van der Waals surface area contributed by atoms with Crippen molar-refractivity contribution in [1.82, 2.24) is 0 Å². The van der Waals surface area contributed by atoms with Crippen molar-refractivity contribution in [2.45, 2.75) is 50.9 Å². The van der Waals surface area contributed by atoms with Crippen molar-refractivity contribution in [3.8, 4) is 0 Å². The normalized spacial score (nSPS) is 34.9. The maximum atomic E-state index is 2.47. The molecule has 1 aromatic carbocycles. The summed E-state index contributed by atoms with van der Waals surface area (Å²) in [5.41, 5.74) is 2.09. The number of rotatable bonds is 2. The van der Waals surface area contributed by atoms with Crippen molar-refractivity contribution >= 4 is 0 Å². The summed E-state index contributed by atoms with van der Waals surface area (Å²) in [6.45, 7) is 2.47. The summed E-state index contributed by atoms with van der Waals surface area (Å²) in [5.74, 6) is 2.01. The van der Waals surface area contributed by atoms with Crippen LogP contribution in [0.4, 0.5) is 0 Å². The molecule has 0 N–H and O–H groups in total. The van der Waals surface area contributed by atoms with Gasteiger partial charge in [-0.2, -0.15) is 0 Å². The third-order valence-electron chi connectivity index (χ3n) is 4.95. The molecular weight excluding hydrogens is 192 g/mol. The van der Waals surface area contributed by atoms with Gasteiger partial charge in [-0.3, -0.25) is 0 Å². The number of benzene rings is 1. The van der Waals surface area contributed by atoms with E-state index in [0.29, 0.717) is 5.41 Å². The topological polar surface area (TPSA) is 0 Å². The van der Waals surface area contributed by atoms with Crippen molar-refractivity contribution in [3.63, 3.8) is 0 Å². The minimum absolute atomic E-state index is 0.517. The van der Waals surface area contributed by atoms with Gasteiger partial charge in [0.25, 0.3) is 0 Å². The Kier molecular flexibility index (Phi) is 2.53. The van der Waals surface area contributed by atoms with Crippen molar-refractivity contribution in [3.05, 3.63) is 35.9 Å². The van der Waals surface area contributed by atoms with Crippen molar-refractivity contribution in [2.75, 3.05) is 0 Å². The van der Waals surface area contributed by atoms with Crippen LogP contribution >= 0.6 is 0 Å². The molecule has 0 saturated heterocycles. The van der Waals surface area contributed by atoms with Gasteiger partial charge in [0, 0.05) is 0 Å². The van der Waals surface area contributed by atoms with E-state index < -0.39 is 0 Å². The molecule has 2 saturated carbocycles. The van der Waals surface area contributed by atoms with Crippen LogP contribution in [0.25, 0.3) is 0 Å². The molecule has 0 nitrogen and oxygen atoms in total. The minimum atomic E-state index is 0.517. The van der Waals surface area contributed by atoms with E-state index >= 15 is 0 Å². The highest BCUT2D eigenvalue weighted by molar-refractivity contribution is 5.32. The average Bonchev–Trinajstić information content (AvgIpc) is 3.06. The summed E-state index contributed by atoms with van der Waals surface area (Å²) in [6.07, 6.45) is 8.85. The molecule has 0 spiro atoms. The number of hydrogen-bond donors (Lipinski definition) is 0. The fourth-order valence-corrected chi connectivity index (χ4v) is 3.77. The molecule has 0 aliphatic heterocycles. The van der Waals surface area contributed by atoms with E-state index in [0.717, 1.165) is 11.8 Å². The molecule has 2 fully saturated rings. The van der Waals surface area contributed by atoms with Gasteiger partial charge in [0.15, 0.2) is 0 Å². The Labute approximate surface area is 99.1 Å². The number of hydrogen-bond acceptors (Lipinski definition) is 0. The minimum Gasteiger partial charge on any atom is -0.0622 e. The van der Waals surface area contributed by atoms with Gasteiger partial charge in [-0.25, -0.2) is 0 Å². The van der Waals surface area contributed by atoms with E-state index in [2.05, 4.69) is 37.3 Å². The van der Waals surface area contributed by atoms with E-state index in [1.807, 2.05) is 0 Å². The van der Waals surface area contributed by atoms with Crippen LogP contribution in [0.15, 0.2) is 30.3 Å². The largest absolute Gasteiger partial charge is 0.0622 e. The third-order valence-corrected chi connectivity index (χ3v) is 4.95. The lowest BCUT2D eigenvalue weighted by Gasteiger charge is -2.24. The van der Waals surface area contributed by atoms with Crippen LogP contribution < -0.4 is 0 Å². The van der Waals surface area contributed by atoms with Crippen LogP contribution in [0.1, 0.15) is 51.0 Å². The molecular formula is C16H22. The van der Waals surface area contributed by atoms with Crippen LogP contribution in [0.5, 0.6) is 0 Å². The predicted molar refractivity (Wildman–Crippen MR) is 68.5 cm³/mol. The predicted octanol–water partition coefficient (Wildman–Crippen LogP) is 4.54. The van der Waals surface area contributed by atoms with E-state index in [1.54, 1.807) is 5.56 Å². The highest BCUT2D eigenvalue weighted by Crippen LogP contribution is 2.60. The molecule has 3 rings (SSSR count). The summed E-state index contributed by atoms with van der Waals surface area (Å²) in [5, 5.41) is 0. The summed E-state index contributed by atoms with van der Waals surface area (Å²) in [4.78, 5) is 0. The highest BCUT2D eigenvalue weighted by Gasteiger charge is 2.54. The monoisotopic (exact) mass is 214 g/mol. The Bertz CT molecular complexity index is 348. The van der Waals surface area contributed by atoms with E-state index in [9.17, 15) is 0 Å². The molecule has 2 aliphatic carbocycles. The molecule has 0 heterocycles. The molecule has 0 heteroatoms. The Hall–Kier alpha value is -0.780. The van der Waals surface area contributed by atoms with Gasteiger partial charge in [0.05, 0.1) is 0 Å². The van der Waals surface area contributed by atoms with Gasteiger partial charge in [-0.1, -0.05) is 69.4 Å². The van der Waals surface area contributed by atoms with Crippen molar-refractivity contribution < 1.29 is 0 Å². The summed E-state index contributed by atoms with van der Waals surface area (Å²) >= 11 is 0. The lowest BCUT2D eigenvalue weighted by molar-refractivity contribution is 0.304. The van der Waals surface area contributed by atoms with Crippen LogP contribution in [0.2, 0.25) is 0 Å². The zero-order chi connectivity index (χ0) is 11.0. The van der Waals surface area contributed by atoms with Gasteiger partial charge in [-0.05, 0) is 29.2 Å². The molecule has 16 heavy (non-hydrogen) atoms. The van der Waals surface area contributed by atoms with Gasteiger partial charge >= 0.3 is 0 Å². The molecule has 2 atom stereocenters. The molecule has 1 aromatic rings. The smallest absolute Gasteiger partial charge is 0.00410 e. The van der Waals surface area contributed by atoms with Crippen molar-refractivity contribution in [1.29, 1.82) is 0 Å². The van der Waals surface area contributed by atoms with E-state index in [1.165, 1.54) is 38.5 Å². The standard InChI is InChI=1S/C16H22/c1-16(14-10-6-3-7-11-14)12-15(16)13-8-4-2-5-9-13/h3,6-7,10-11,13,15H,2,4-5,8-9,12H2,1H3/t15-,16-/m0/s1. The van der Waals surface area contributed by atoms with Crippen LogP contribution in [-0.2, 0) is 5.41 Å². The fourth-order valence-electron chi connectivity index (χ4n) is 3.77. The summed E-state index contributed by atoms with van der Waals surface area (Å²) < 4.78 is 0. The second-order valence-electron chi connectivity index (χ2n) is 5.99. The summed E-state index contributed by atoms with van der Waals surface area (Å²) in [7, 11) is 0. The first-order valence-electron chi connectivity index (χ1n) is 6.86. The molecule has 0 bridgehead atoms. The third kappa shape index (κ3) is 1.69. The van der Waals surface area contributed by atoms with Gasteiger partial charge < -0.3 is 0 Å². The Morgan fingerprint density at radius 1 is 1.00 bits per heavy atom. The lowest BCUT2D eigenvalue weighted by Crippen LogP contribution is -2.15. The zero-order valence-electron chi connectivity index (χ0n) is 10.3. The van der Waals surface area contributed by atoms with Crippen LogP contribution in [0, 0.1) is 11.8 Å². The Balaban J connectivity index is 1.73. The van der Waals surface area contributed by atoms with Crippen LogP contribution in [0.3, 0.4) is 0 Å². The first kappa shape index (κ1) is 10.4. The highest BCUT2D eigenvalue weighted by atomic mass is 14.6. The zero-order valence-corrected chi connectivity index (χ0v) is 10.3. The first-order valence-corrected chi connectivity index (χ1v) is 6.86. The summed E-state index contributed by atoms with van der Waals surface area (Å²) in [6, 6.07) is 11.2. The van der Waals surface area contributed by atoms with E-state index in [-0.39, 0.29) is 0 Å². The second-order valence-corrected chi connectivity index (χ2v) is 5.99. The molecule has 0 radical (unpaired) electrons. The molecule has 0 unspecified atom stereocenters. The molecule has 86 valence electrons. The van der Waals surface area contributed by atoms with Gasteiger partial charge in [0.1, 0.15) is 0 Å². The molecule has 0 aromatic heterocycles. The van der Waals surface area contributed by atoms with Crippen LogP contribution in [-0.4, -0.2) is 0 Å². The fraction of sp³-hybridized carbons (Fsp3) is 0.625. The molecule has 0 amide bonds. The van der Waals surface area contributed by atoms with Crippen molar-refractivity contribution in [2.24, 2.45) is 11.8 Å². The Morgan fingerprint density at radius 2 is 1.69 bits per heavy atom. The van der Waals surface area contributed by atoms with E-state index in [4.69, 9.17) is 0 Å². The van der Waals surface area contributed by atoms with Gasteiger partial charge in [0.2, 0.25) is 0 Å². The maximum absolute atomic E-state index is 2.47. The first-order chi connectivity index (χ1) is 7.81. The Morgan fingerprint density at radius 3 is 2.38 bits per heavy atom. The lowest BCUT2D eigenvalue weighted by atomic mass is 9.81. The quantitative estimate of drug-likeness (QED) is 0.677.